The zero-order valence-corrected chi connectivity index (χ0v) is 12.6. The Morgan fingerprint density at radius 1 is 1.20 bits per heavy atom. The van der Waals surface area contributed by atoms with Crippen molar-refractivity contribution in [2.45, 2.75) is 39.7 Å². The molecule has 0 aliphatic carbocycles. The van der Waals surface area contributed by atoms with Crippen LogP contribution in [0.1, 0.15) is 29.5 Å². The van der Waals surface area contributed by atoms with Crippen LogP contribution in [-0.2, 0) is 4.79 Å². The molecule has 1 aliphatic heterocycles. The second kappa shape index (κ2) is 6.27. The maximum atomic E-state index is 12.1. The minimum Gasteiger partial charge on any atom is -0.483 e. The van der Waals surface area contributed by atoms with Gasteiger partial charge >= 0.3 is 0 Å². The molecule has 0 spiro atoms. The van der Waals surface area contributed by atoms with Gasteiger partial charge in [0, 0.05) is 19.1 Å². The first kappa shape index (κ1) is 14.9. The summed E-state index contributed by atoms with van der Waals surface area (Å²) in [5, 5.41) is 0. The number of carbonyl (C=O) groups excluding carboxylic acids is 1. The van der Waals surface area contributed by atoms with Crippen molar-refractivity contribution in [3.63, 3.8) is 0 Å². The van der Waals surface area contributed by atoms with Gasteiger partial charge in [-0.3, -0.25) is 4.79 Å². The van der Waals surface area contributed by atoms with E-state index in [-0.39, 0.29) is 18.6 Å². The van der Waals surface area contributed by atoms with Gasteiger partial charge in [-0.2, -0.15) is 0 Å². The molecule has 1 aliphatic rings. The topological polar surface area (TPSA) is 55.6 Å². The lowest BCUT2D eigenvalue weighted by Gasteiger charge is -2.30. The van der Waals surface area contributed by atoms with Crippen LogP contribution in [0.5, 0.6) is 5.75 Å². The minimum absolute atomic E-state index is 0.0505. The zero-order valence-electron chi connectivity index (χ0n) is 12.6. The van der Waals surface area contributed by atoms with Crippen molar-refractivity contribution in [2.24, 2.45) is 5.73 Å². The van der Waals surface area contributed by atoms with E-state index in [1.807, 2.05) is 17.9 Å². The first-order chi connectivity index (χ1) is 9.47. The molecule has 4 heteroatoms. The first-order valence-electron chi connectivity index (χ1n) is 7.21. The van der Waals surface area contributed by atoms with E-state index in [0.29, 0.717) is 0 Å². The third kappa shape index (κ3) is 3.51. The highest BCUT2D eigenvalue weighted by Gasteiger charge is 2.20. The van der Waals surface area contributed by atoms with Crippen LogP contribution in [0.3, 0.4) is 0 Å². The van der Waals surface area contributed by atoms with Crippen molar-refractivity contribution in [1.29, 1.82) is 0 Å². The molecule has 0 atom stereocenters. The van der Waals surface area contributed by atoms with E-state index in [9.17, 15) is 4.79 Å². The number of aryl methyl sites for hydroxylation is 3. The summed E-state index contributed by atoms with van der Waals surface area (Å²) in [6.45, 7) is 7.74. The molecule has 4 nitrogen and oxygen atoms in total. The summed E-state index contributed by atoms with van der Waals surface area (Å²) in [5.41, 5.74) is 9.34. The molecule has 1 aromatic rings. The van der Waals surface area contributed by atoms with E-state index in [1.165, 1.54) is 11.1 Å². The van der Waals surface area contributed by atoms with Gasteiger partial charge in [0.25, 0.3) is 5.91 Å². The average Bonchev–Trinajstić information content (AvgIpc) is 2.42. The Morgan fingerprint density at radius 3 is 2.45 bits per heavy atom. The summed E-state index contributed by atoms with van der Waals surface area (Å²) in [5.74, 6) is 0.852. The monoisotopic (exact) mass is 276 g/mol. The van der Waals surface area contributed by atoms with E-state index in [4.69, 9.17) is 10.5 Å². The molecule has 1 amide bonds. The number of nitrogens with zero attached hydrogens (tertiary/aromatic N) is 1. The van der Waals surface area contributed by atoms with Crippen molar-refractivity contribution in [3.05, 3.63) is 28.8 Å². The Bertz CT molecular complexity index is 491. The summed E-state index contributed by atoms with van der Waals surface area (Å²) in [4.78, 5) is 13.9. The van der Waals surface area contributed by atoms with Gasteiger partial charge in [0.05, 0.1) is 0 Å². The van der Waals surface area contributed by atoms with Gasteiger partial charge in [-0.25, -0.2) is 0 Å². The molecule has 1 saturated heterocycles. The average molecular weight is 276 g/mol. The number of likely N-dealkylation sites (tertiary alicyclic amines) is 1. The Kier molecular flexibility index (Phi) is 4.65. The highest BCUT2D eigenvalue weighted by molar-refractivity contribution is 5.78. The quantitative estimate of drug-likeness (QED) is 0.918. The number of ether oxygens (including phenoxy) is 1. The second-order valence-corrected chi connectivity index (χ2v) is 5.71. The van der Waals surface area contributed by atoms with Gasteiger partial charge in [-0.1, -0.05) is 6.07 Å². The van der Waals surface area contributed by atoms with E-state index < -0.39 is 0 Å². The van der Waals surface area contributed by atoms with Gasteiger partial charge in [0.1, 0.15) is 5.75 Å². The van der Waals surface area contributed by atoms with E-state index >= 15 is 0 Å². The van der Waals surface area contributed by atoms with Crippen molar-refractivity contribution in [1.82, 2.24) is 4.90 Å². The second-order valence-electron chi connectivity index (χ2n) is 5.71. The lowest BCUT2D eigenvalue weighted by atomic mass is 10.1. The van der Waals surface area contributed by atoms with Crippen LogP contribution in [0.15, 0.2) is 12.1 Å². The summed E-state index contributed by atoms with van der Waals surface area (Å²) >= 11 is 0. The lowest BCUT2D eigenvalue weighted by molar-refractivity contribution is -0.134. The number of benzene rings is 1. The molecule has 110 valence electrons. The molecular weight excluding hydrogens is 252 g/mol. The highest BCUT2D eigenvalue weighted by Crippen LogP contribution is 2.22. The molecule has 1 fully saturated rings. The Hall–Kier alpha value is -1.55. The summed E-state index contributed by atoms with van der Waals surface area (Å²) in [6.07, 6.45) is 1.77. The van der Waals surface area contributed by atoms with Crippen LogP contribution >= 0.6 is 0 Å². The summed E-state index contributed by atoms with van der Waals surface area (Å²) < 4.78 is 5.69. The standard InChI is InChI=1S/C16H24N2O2/c1-11-8-13(3)15(9-12(11)2)20-10-16(19)18-6-4-14(17)5-7-18/h8-9,14H,4-7,10,17H2,1-3H3. The molecule has 0 saturated carbocycles. The smallest absolute Gasteiger partial charge is 0.260 e. The molecule has 20 heavy (non-hydrogen) atoms. The van der Waals surface area contributed by atoms with Crippen molar-refractivity contribution in [3.8, 4) is 5.75 Å². The van der Waals surface area contributed by atoms with Gasteiger partial charge in [0.2, 0.25) is 0 Å². The Balaban J connectivity index is 1.92. The highest BCUT2D eigenvalue weighted by atomic mass is 16.5. The number of hydrogen-bond acceptors (Lipinski definition) is 3. The van der Waals surface area contributed by atoms with Crippen LogP contribution in [-0.4, -0.2) is 36.5 Å². The largest absolute Gasteiger partial charge is 0.483 e. The normalized spacial score (nSPS) is 16.3. The number of rotatable bonds is 3. The van der Waals surface area contributed by atoms with E-state index in [2.05, 4.69) is 19.9 Å². The molecule has 0 bridgehead atoms. The summed E-state index contributed by atoms with van der Waals surface area (Å²) in [7, 11) is 0. The molecule has 2 N–H and O–H groups in total. The summed E-state index contributed by atoms with van der Waals surface area (Å²) in [6, 6.07) is 4.33. The van der Waals surface area contributed by atoms with E-state index in [1.54, 1.807) is 0 Å². The van der Waals surface area contributed by atoms with E-state index in [0.717, 1.165) is 37.2 Å². The minimum atomic E-state index is 0.0505. The molecule has 2 rings (SSSR count). The number of carbonyl (C=O) groups is 1. The lowest BCUT2D eigenvalue weighted by Crippen LogP contribution is -2.44. The number of nitrogens with two attached hydrogens (primary N) is 1. The predicted octanol–water partition coefficient (Wildman–Crippen LogP) is 1.94. The van der Waals surface area contributed by atoms with Gasteiger partial charge in [-0.05, 0) is 56.4 Å². The fourth-order valence-electron chi connectivity index (χ4n) is 2.47. The Labute approximate surface area is 120 Å². The molecule has 0 radical (unpaired) electrons. The molecule has 0 unspecified atom stereocenters. The van der Waals surface area contributed by atoms with Crippen molar-refractivity contribution in [2.75, 3.05) is 19.7 Å². The number of amides is 1. The zero-order chi connectivity index (χ0) is 14.7. The third-order valence-electron chi connectivity index (χ3n) is 4.03. The first-order valence-corrected chi connectivity index (χ1v) is 7.21. The predicted molar refractivity (Wildman–Crippen MR) is 79.9 cm³/mol. The molecule has 0 aromatic heterocycles. The van der Waals surface area contributed by atoms with Gasteiger partial charge in [0.15, 0.2) is 6.61 Å². The van der Waals surface area contributed by atoms with Gasteiger partial charge in [-0.15, -0.1) is 0 Å². The fraction of sp³-hybridized carbons (Fsp3) is 0.562. The molecule has 1 aromatic carbocycles. The third-order valence-corrected chi connectivity index (χ3v) is 4.03. The Morgan fingerprint density at radius 2 is 1.80 bits per heavy atom. The van der Waals surface area contributed by atoms with Crippen LogP contribution in [0.2, 0.25) is 0 Å². The maximum Gasteiger partial charge on any atom is 0.260 e. The van der Waals surface area contributed by atoms with Crippen LogP contribution in [0.25, 0.3) is 0 Å². The van der Waals surface area contributed by atoms with Crippen LogP contribution in [0, 0.1) is 20.8 Å². The van der Waals surface area contributed by atoms with Crippen LogP contribution in [0.4, 0.5) is 0 Å². The molecular formula is C16H24N2O2. The van der Waals surface area contributed by atoms with Crippen LogP contribution < -0.4 is 10.5 Å². The fourth-order valence-corrected chi connectivity index (χ4v) is 2.47. The van der Waals surface area contributed by atoms with Gasteiger partial charge < -0.3 is 15.4 Å². The maximum absolute atomic E-state index is 12.1. The molecule has 1 heterocycles. The number of hydrogen-bond donors (Lipinski definition) is 1. The van der Waals surface area contributed by atoms with Crippen molar-refractivity contribution >= 4 is 5.91 Å². The SMILES string of the molecule is Cc1cc(C)c(OCC(=O)N2CCC(N)CC2)cc1C. The van der Waals surface area contributed by atoms with Crippen molar-refractivity contribution < 1.29 is 9.53 Å². The number of piperidine rings is 1.